The minimum Gasteiger partial charge on any atom is -0.367 e. The molecule has 0 saturated carbocycles. The summed E-state index contributed by atoms with van der Waals surface area (Å²) in [7, 11) is 0. The normalized spacial score (nSPS) is 10.8. The molecule has 2 aromatic heterocycles. The summed E-state index contributed by atoms with van der Waals surface area (Å²) in [6.07, 6.45) is 0. The van der Waals surface area contributed by atoms with E-state index in [0.717, 1.165) is 21.6 Å². The molecule has 0 radical (unpaired) electrons. The molecule has 0 aliphatic rings. The lowest BCUT2D eigenvalue weighted by Gasteiger charge is -2.01. The summed E-state index contributed by atoms with van der Waals surface area (Å²) in [6, 6.07) is 9.80. The molecule has 2 N–H and O–H groups in total. The van der Waals surface area contributed by atoms with Crippen molar-refractivity contribution in [2.45, 2.75) is 6.92 Å². The molecule has 0 fully saturated rings. The van der Waals surface area contributed by atoms with Gasteiger partial charge in [-0.25, -0.2) is 0 Å². The second-order valence-electron chi connectivity index (χ2n) is 4.20. The van der Waals surface area contributed by atoms with Crippen molar-refractivity contribution in [3.05, 3.63) is 46.3 Å². The molecular formula is C14H11ClN2OS. The van der Waals surface area contributed by atoms with Crippen LogP contribution in [-0.2, 0) is 0 Å². The zero-order valence-electron chi connectivity index (χ0n) is 10.2. The van der Waals surface area contributed by atoms with Gasteiger partial charge in [0.05, 0.1) is 15.5 Å². The Morgan fingerprint density at radius 3 is 2.63 bits per heavy atom. The molecule has 0 spiro atoms. The first-order chi connectivity index (χ1) is 9.18. The number of hydrogen-bond donors (Lipinski definition) is 1. The van der Waals surface area contributed by atoms with Gasteiger partial charge >= 0.3 is 0 Å². The molecule has 5 heteroatoms. The smallest absolute Gasteiger partial charge is 0.230 e. The van der Waals surface area contributed by atoms with E-state index in [1.807, 2.05) is 42.6 Å². The van der Waals surface area contributed by atoms with Crippen molar-refractivity contribution in [2.75, 3.05) is 5.73 Å². The summed E-state index contributed by atoms with van der Waals surface area (Å²) < 4.78 is 5.14. The summed E-state index contributed by atoms with van der Waals surface area (Å²) in [4.78, 5) is 0.887. The van der Waals surface area contributed by atoms with Gasteiger partial charge in [0, 0.05) is 0 Å². The van der Waals surface area contributed by atoms with Crippen LogP contribution in [-0.4, -0.2) is 5.16 Å². The SMILES string of the molecule is Cc1csc(-c2noc(N)c2-c2ccccc2)c1Cl. The number of hydrogen-bond acceptors (Lipinski definition) is 4. The highest BCUT2D eigenvalue weighted by Gasteiger charge is 2.21. The number of rotatable bonds is 2. The van der Waals surface area contributed by atoms with Crippen molar-refractivity contribution >= 4 is 28.8 Å². The quantitative estimate of drug-likeness (QED) is 0.749. The fourth-order valence-electron chi connectivity index (χ4n) is 1.93. The fraction of sp³-hybridized carbons (Fsp3) is 0.0714. The Kier molecular flexibility index (Phi) is 3.05. The van der Waals surface area contributed by atoms with E-state index in [9.17, 15) is 0 Å². The number of aryl methyl sites for hydroxylation is 1. The third kappa shape index (κ3) is 2.03. The lowest BCUT2D eigenvalue weighted by Crippen LogP contribution is -1.86. The first-order valence-electron chi connectivity index (χ1n) is 5.73. The van der Waals surface area contributed by atoms with Crippen LogP contribution in [0.2, 0.25) is 5.02 Å². The average molecular weight is 291 g/mol. The Morgan fingerprint density at radius 2 is 2.00 bits per heavy atom. The lowest BCUT2D eigenvalue weighted by molar-refractivity contribution is 0.439. The number of aromatic nitrogens is 1. The fourth-order valence-corrected chi connectivity index (χ4v) is 3.20. The van der Waals surface area contributed by atoms with E-state index in [0.29, 0.717) is 16.6 Å². The molecular weight excluding hydrogens is 280 g/mol. The summed E-state index contributed by atoms with van der Waals surface area (Å²) in [5.74, 6) is 0.309. The largest absolute Gasteiger partial charge is 0.367 e. The van der Waals surface area contributed by atoms with Crippen LogP contribution in [0.3, 0.4) is 0 Å². The third-order valence-corrected chi connectivity index (χ3v) is 4.60. The van der Waals surface area contributed by atoms with Gasteiger partial charge in [0.2, 0.25) is 5.88 Å². The van der Waals surface area contributed by atoms with Crippen molar-refractivity contribution in [3.8, 4) is 21.7 Å². The van der Waals surface area contributed by atoms with Crippen LogP contribution in [0.5, 0.6) is 0 Å². The molecule has 3 nitrogen and oxygen atoms in total. The third-order valence-electron chi connectivity index (χ3n) is 2.90. The molecule has 0 aliphatic heterocycles. The second-order valence-corrected chi connectivity index (χ2v) is 5.46. The van der Waals surface area contributed by atoms with Gasteiger partial charge in [-0.2, -0.15) is 0 Å². The minimum absolute atomic E-state index is 0.309. The van der Waals surface area contributed by atoms with Gasteiger partial charge in [-0.05, 0) is 23.4 Å². The van der Waals surface area contributed by atoms with Crippen molar-refractivity contribution in [3.63, 3.8) is 0 Å². The first kappa shape index (κ1) is 12.3. The van der Waals surface area contributed by atoms with Crippen LogP contribution >= 0.6 is 22.9 Å². The molecule has 0 unspecified atom stereocenters. The molecule has 2 heterocycles. The van der Waals surface area contributed by atoms with Gasteiger partial charge < -0.3 is 10.3 Å². The maximum absolute atomic E-state index is 6.30. The zero-order valence-corrected chi connectivity index (χ0v) is 11.8. The number of nitrogens with zero attached hydrogens (tertiary/aromatic N) is 1. The highest BCUT2D eigenvalue weighted by molar-refractivity contribution is 7.14. The molecule has 0 aliphatic carbocycles. The van der Waals surface area contributed by atoms with Crippen molar-refractivity contribution < 1.29 is 4.52 Å². The molecule has 3 rings (SSSR count). The van der Waals surface area contributed by atoms with Gasteiger partial charge in [0.1, 0.15) is 5.69 Å². The number of nitrogen functional groups attached to an aromatic ring is 1. The highest BCUT2D eigenvalue weighted by Crippen LogP contribution is 2.42. The van der Waals surface area contributed by atoms with Crippen LogP contribution in [0.15, 0.2) is 40.2 Å². The maximum Gasteiger partial charge on any atom is 0.230 e. The van der Waals surface area contributed by atoms with Crippen LogP contribution in [0.1, 0.15) is 5.56 Å². The van der Waals surface area contributed by atoms with Crippen molar-refractivity contribution in [2.24, 2.45) is 0 Å². The standard InChI is InChI=1S/C14H11ClN2OS/c1-8-7-19-13(11(8)15)12-10(14(16)18-17-12)9-5-3-2-4-6-9/h2-7H,16H2,1H3. The Hall–Kier alpha value is -1.78. The van der Waals surface area contributed by atoms with E-state index >= 15 is 0 Å². The molecule has 19 heavy (non-hydrogen) atoms. The lowest BCUT2D eigenvalue weighted by atomic mass is 10.0. The zero-order chi connectivity index (χ0) is 13.4. The minimum atomic E-state index is 0.309. The molecule has 1 aromatic carbocycles. The van der Waals surface area contributed by atoms with Crippen LogP contribution in [0.4, 0.5) is 5.88 Å². The Morgan fingerprint density at radius 1 is 1.26 bits per heavy atom. The van der Waals surface area contributed by atoms with Crippen LogP contribution in [0.25, 0.3) is 21.7 Å². The second kappa shape index (κ2) is 4.72. The Balaban J connectivity index is 2.22. The van der Waals surface area contributed by atoms with Crippen molar-refractivity contribution in [1.82, 2.24) is 5.16 Å². The topological polar surface area (TPSA) is 52.0 Å². The summed E-state index contributed by atoms with van der Waals surface area (Å²) >= 11 is 7.84. The highest BCUT2D eigenvalue weighted by atomic mass is 35.5. The number of anilines is 1. The van der Waals surface area contributed by atoms with Crippen molar-refractivity contribution in [1.29, 1.82) is 0 Å². The monoisotopic (exact) mass is 290 g/mol. The molecule has 3 aromatic rings. The van der Waals surface area contributed by atoms with E-state index in [-0.39, 0.29) is 0 Å². The van der Waals surface area contributed by atoms with Gasteiger partial charge in [-0.3, -0.25) is 0 Å². The average Bonchev–Trinajstić information content (AvgIpc) is 2.95. The molecule has 0 amide bonds. The number of benzene rings is 1. The summed E-state index contributed by atoms with van der Waals surface area (Å²) in [6.45, 7) is 1.97. The van der Waals surface area contributed by atoms with Gasteiger partial charge in [0.15, 0.2) is 0 Å². The number of nitrogens with two attached hydrogens (primary N) is 1. The van der Waals surface area contributed by atoms with Gasteiger partial charge in [-0.1, -0.05) is 47.1 Å². The molecule has 0 atom stereocenters. The maximum atomic E-state index is 6.30. The van der Waals surface area contributed by atoms with E-state index in [1.165, 1.54) is 0 Å². The molecule has 0 saturated heterocycles. The van der Waals surface area contributed by atoms with Crippen LogP contribution < -0.4 is 5.73 Å². The molecule has 96 valence electrons. The molecule has 0 bridgehead atoms. The number of thiophene rings is 1. The van der Waals surface area contributed by atoms with E-state index in [1.54, 1.807) is 11.3 Å². The Labute approximate surface area is 119 Å². The van der Waals surface area contributed by atoms with Crippen LogP contribution in [0, 0.1) is 6.92 Å². The summed E-state index contributed by atoms with van der Waals surface area (Å²) in [5.41, 5.74) is 9.40. The Bertz CT molecular complexity index is 718. The predicted octanol–water partition coefficient (Wildman–Crippen LogP) is 4.61. The first-order valence-corrected chi connectivity index (χ1v) is 6.98. The number of halogens is 1. The predicted molar refractivity (Wildman–Crippen MR) is 79.4 cm³/mol. The summed E-state index contributed by atoms with van der Waals surface area (Å²) in [5, 5.41) is 6.76. The van der Waals surface area contributed by atoms with Gasteiger partial charge in [-0.15, -0.1) is 11.3 Å². The van der Waals surface area contributed by atoms with Gasteiger partial charge in [0.25, 0.3) is 0 Å². The van der Waals surface area contributed by atoms with E-state index < -0.39 is 0 Å². The van der Waals surface area contributed by atoms with E-state index in [2.05, 4.69) is 5.16 Å². The van der Waals surface area contributed by atoms with E-state index in [4.69, 9.17) is 21.9 Å².